The topological polar surface area (TPSA) is 124 Å². The average molecular weight is 505 g/mol. The van der Waals surface area contributed by atoms with Crippen molar-refractivity contribution in [1.29, 1.82) is 0 Å². The van der Waals surface area contributed by atoms with Crippen molar-refractivity contribution < 1.29 is 18.4 Å². The number of aromatic amines is 1. The summed E-state index contributed by atoms with van der Waals surface area (Å²) in [4.78, 5) is 26.1. The van der Waals surface area contributed by atoms with Crippen LogP contribution in [0.2, 0.25) is 0 Å². The molecule has 1 unspecified atom stereocenters. The summed E-state index contributed by atoms with van der Waals surface area (Å²) in [6, 6.07) is 23.5. The van der Waals surface area contributed by atoms with Crippen molar-refractivity contribution in [2.45, 2.75) is 23.9 Å². The van der Waals surface area contributed by atoms with E-state index in [4.69, 9.17) is 0 Å². The maximum absolute atomic E-state index is 13.8. The van der Waals surface area contributed by atoms with E-state index in [1.54, 1.807) is 23.7 Å². The summed E-state index contributed by atoms with van der Waals surface area (Å²) in [5.41, 5.74) is 3.91. The van der Waals surface area contributed by atoms with Gasteiger partial charge >= 0.3 is 0 Å². The maximum Gasteiger partial charge on any atom is 0.272 e. The van der Waals surface area contributed by atoms with Crippen LogP contribution in [-0.4, -0.2) is 40.2 Å². The van der Waals surface area contributed by atoms with Crippen molar-refractivity contribution in [3.05, 3.63) is 112 Å². The molecule has 1 aromatic heterocycles. The van der Waals surface area contributed by atoms with E-state index in [2.05, 4.69) is 5.10 Å². The van der Waals surface area contributed by atoms with E-state index in [-0.39, 0.29) is 30.0 Å². The zero-order valence-corrected chi connectivity index (χ0v) is 20.0. The van der Waals surface area contributed by atoms with Gasteiger partial charge in [-0.3, -0.25) is 19.9 Å². The Morgan fingerprint density at radius 1 is 0.972 bits per heavy atom. The smallest absolute Gasteiger partial charge is 0.272 e. The molecular formula is C26H24N4O5S. The first kappa shape index (κ1) is 23.7. The molecule has 3 aromatic carbocycles. The average Bonchev–Trinajstić information content (AvgIpc) is 3.23. The molecule has 0 saturated heterocycles. The lowest BCUT2D eigenvalue weighted by Crippen LogP contribution is -2.48. The Balaban J connectivity index is 1.56. The first-order valence-electron chi connectivity index (χ1n) is 11.4. The van der Waals surface area contributed by atoms with Gasteiger partial charge in [0.15, 0.2) is 0 Å². The van der Waals surface area contributed by atoms with Crippen LogP contribution in [0, 0.1) is 0 Å². The molecule has 5 rings (SSSR count). The van der Waals surface area contributed by atoms with Crippen molar-refractivity contribution in [1.82, 2.24) is 19.6 Å². The van der Waals surface area contributed by atoms with Crippen molar-refractivity contribution >= 4 is 15.9 Å². The molecule has 1 atom stereocenters. The van der Waals surface area contributed by atoms with Gasteiger partial charge in [0, 0.05) is 18.7 Å². The molecule has 0 bridgehead atoms. The number of carbonyl (C=O) groups excluding carboxylic acids is 1. The van der Waals surface area contributed by atoms with Crippen molar-refractivity contribution in [2.24, 2.45) is 0 Å². The number of hydrogen-bond acceptors (Lipinski definition) is 5. The summed E-state index contributed by atoms with van der Waals surface area (Å²) in [5.74, 6) is -0.998. The second-order valence-electron chi connectivity index (χ2n) is 8.52. The molecule has 1 aliphatic rings. The number of nitrogens with one attached hydrogen (secondary N) is 2. The fourth-order valence-electron chi connectivity index (χ4n) is 4.58. The summed E-state index contributed by atoms with van der Waals surface area (Å²) >= 11 is 0. The third-order valence-corrected chi connectivity index (χ3v) is 8.16. The lowest BCUT2D eigenvalue weighted by molar-refractivity contribution is -0.133. The normalized spacial score (nSPS) is 15.9. The van der Waals surface area contributed by atoms with Crippen LogP contribution in [-0.2, 0) is 27.8 Å². The van der Waals surface area contributed by atoms with E-state index in [9.17, 15) is 23.2 Å². The van der Waals surface area contributed by atoms with Crippen LogP contribution in [0.5, 0.6) is 0 Å². The number of H-pyrrole nitrogens is 1. The second-order valence-corrected chi connectivity index (χ2v) is 10.4. The Kier molecular flexibility index (Phi) is 6.31. The standard InChI is InChI=1S/C26H24N4O5S/c31-25(28-33)24-23-22(27-29(26(23)32)17-18-8-3-1-4-9-18)14-15-30(24)36(34,35)21-13-7-12-20(16-21)19-10-5-2-6-11-19/h1-13,16,24,27,33H,14-15,17H2,(H,28,31). The molecule has 10 heteroatoms. The van der Waals surface area contributed by atoms with Gasteiger partial charge in [-0.05, 0) is 28.8 Å². The van der Waals surface area contributed by atoms with E-state index in [1.165, 1.54) is 10.7 Å². The van der Waals surface area contributed by atoms with E-state index in [1.807, 2.05) is 60.7 Å². The van der Waals surface area contributed by atoms with Crippen LogP contribution < -0.4 is 11.0 Å². The summed E-state index contributed by atoms with van der Waals surface area (Å²) in [7, 11) is -4.21. The molecule has 0 saturated carbocycles. The minimum atomic E-state index is -4.21. The van der Waals surface area contributed by atoms with Gasteiger partial charge < -0.3 is 0 Å². The highest BCUT2D eigenvalue weighted by Gasteiger charge is 2.43. The number of hydrogen-bond donors (Lipinski definition) is 3. The van der Waals surface area contributed by atoms with E-state index >= 15 is 0 Å². The number of hydroxylamine groups is 1. The van der Waals surface area contributed by atoms with Crippen LogP contribution in [0.3, 0.4) is 0 Å². The van der Waals surface area contributed by atoms with Crippen LogP contribution >= 0.6 is 0 Å². The summed E-state index contributed by atoms with van der Waals surface area (Å²) in [6.45, 7) is 0.181. The number of amides is 1. The molecule has 4 aromatic rings. The highest BCUT2D eigenvalue weighted by Crippen LogP contribution is 2.33. The minimum Gasteiger partial charge on any atom is -0.299 e. The third-order valence-electron chi connectivity index (χ3n) is 6.30. The van der Waals surface area contributed by atoms with Gasteiger partial charge in [-0.15, -0.1) is 0 Å². The van der Waals surface area contributed by atoms with Gasteiger partial charge in [-0.25, -0.2) is 18.6 Å². The fourth-order valence-corrected chi connectivity index (χ4v) is 6.18. The SMILES string of the molecule is O=C(NO)C1c2c([nH]n(Cc3ccccc3)c2=O)CCN1S(=O)(=O)c1cccc(-c2ccccc2)c1. The Hall–Kier alpha value is -3.99. The van der Waals surface area contributed by atoms with E-state index in [0.717, 1.165) is 15.4 Å². The van der Waals surface area contributed by atoms with Gasteiger partial charge in [0.2, 0.25) is 10.0 Å². The van der Waals surface area contributed by atoms with Gasteiger partial charge in [0.1, 0.15) is 6.04 Å². The molecular weight excluding hydrogens is 480 g/mol. The Labute approximate surface area is 207 Å². The number of sulfonamides is 1. The number of nitrogens with zero attached hydrogens (tertiary/aromatic N) is 2. The number of carbonyl (C=O) groups is 1. The zero-order chi connectivity index (χ0) is 25.3. The first-order chi connectivity index (χ1) is 17.4. The number of benzene rings is 3. The lowest BCUT2D eigenvalue weighted by Gasteiger charge is -2.32. The maximum atomic E-state index is 13.8. The molecule has 2 heterocycles. The molecule has 9 nitrogen and oxygen atoms in total. The van der Waals surface area contributed by atoms with Crippen molar-refractivity contribution in [3.8, 4) is 11.1 Å². The molecule has 0 fully saturated rings. The van der Waals surface area contributed by atoms with Crippen molar-refractivity contribution in [2.75, 3.05) is 6.54 Å². The Morgan fingerprint density at radius 2 is 1.64 bits per heavy atom. The van der Waals surface area contributed by atoms with Crippen LogP contribution in [0.1, 0.15) is 22.9 Å². The molecule has 1 aliphatic heterocycles. The van der Waals surface area contributed by atoms with Gasteiger partial charge in [0.25, 0.3) is 11.5 Å². The van der Waals surface area contributed by atoms with Crippen LogP contribution in [0.15, 0.2) is 94.6 Å². The molecule has 1 amide bonds. The van der Waals surface area contributed by atoms with Crippen molar-refractivity contribution in [3.63, 3.8) is 0 Å². The molecule has 0 spiro atoms. The minimum absolute atomic E-state index is 0.00604. The summed E-state index contributed by atoms with van der Waals surface area (Å²) in [5, 5.41) is 12.5. The molecule has 0 aliphatic carbocycles. The number of fused-ring (bicyclic) bond motifs is 1. The lowest BCUT2D eigenvalue weighted by atomic mass is 10.0. The highest BCUT2D eigenvalue weighted by atomic mass is 32.2. The Bertz CT molecular complexity index is 1560. The second kappa shape index (κ2) is 9.57. The van der Waals surface area contributed by atoms with Gasteiger partial charge in [-0.2, -0.15) is 4.31 Å². The van der Waals surface area contributed by atoms with Gasteiger partial charge in [-0.1, -0.05) is 72.8 Å². The molecule has 3 N–H and O–H groups in total. The molecule has 36 heavy (non-hydrogen) atoms. The van der Waals surface area contributed by atoms with E-state index < -0.39 is 27.5 Å². The fraction of sp³-hybridized carbons (Fsp3) is 0.154. The third kappa shape index (κ3) is 4.26. The zero-order valence-electron chi connectivity index (χ0n) is 19.2. The van der Waals surface area contributed by atoms with E-state index in [0.29, 0.717) is 11.3 Å². The van der Waals surface area contributed by atoms with Gasteiger partial charge in [0.05, 0.1) is 17.0 Å². The summed E-state index contributed by atoms with van der Waals surface area (Å²) < 4.78 is 29.9. The van der Waals surface area contributed by atoms with Crippen LogP contribution in [0.25, 0.3) is 11.1 Å². The molecule has 184 valence electrons. The predicted molar refractivity (Wildman–Crippen MR) is 133 cm³/mol. The van der Waals surface area contributed by atoms with Crippen LogP contribution in [0.4, 0.5) is 0 Å². The monoisotopic (exact) mass is 504 g/mol. The predicted octanol–water partition coefficient (Wildman–Crippen LogP) is 2.69. The Morgan fingerprint density at radius 3 is 2.33 bits per heavy atom. The first-order valence-corrected chi connectivity index (χ1v) is 12.8. The largest absolute Gasteiger partial charge is 0.299 e. The summed E-state index contributed by atoms with van der Waals surface area (Å²) in [6.07, 6.45) is 0.208. The number of rotatable bonds is 6. The highest BCUT2D eigenvalue weighted by molar-refractivity contribution is 7.89. The quantitative estimate of drug-likeness (QED) is 0.275. The number of aromatic nitrogens is 2. The molecule has 0 radical (unpaired) electrons.